The molecule has 3 aromatic heterocycles. The van der Waals surface area contributed by atoms with E-state index in [9.17, 15) is 18.0 Å². The second kappa shape index (κ2) is 10.00. The fraction of sp³-hybridized carbons (Fsp3) is 0.174. The van der Waals surface area contributed by atoms with E-state index in [2.05, 4.69) is 30.8 Å². The Morgan fingerprint density at radius 1 is 1.03 bits per heavy atom. The Kier molecular flexibility index (Phi) is 6.83. The number of amides is 1. The predicted octanol–water partition coefficient (Wildman–Crippen LogP) is 3.13. The number of nitrogens with two attached hydrogens (primary N) is 2. The van der Waals surface area contributed by atoms with Crippen LogP contribution in [0.5, 0.6) is 0 Å². The van der Waals surface area contributed by atoms with Gasteiger partial charge in [0, 0.05) is 12.1 Å². The van der Waals surface area contributed by atoms with E-state index < -0.39 is 35.4 Å². The Labute approximate surface area is 203 Å². The van der Waals surface area contributed by atoms with Crippen molar-refractivity contribution in [3.63, 3.8) is 0 Å². The Hall–Kier alpha value is -4.52. The molecule has 0 saturated carbocycles. The highest BCUT2D eigenvalue weighted by Crippen LogP contribution is 2.29. The van der Waals surface area contributed by atoms with Gasteiger partial charge in [0.2, 0.25) is 0 Å². The van der Waals surface area contributed by atoms with Crippen molar-refractivity contribution in [3.05, 3.63) is 83.2 Å². The zero-order chi connectivity index (χ0) is 26.0. The average Bonchev–Trinajstić information content (AvgIpc) is 3.34. The van der Waals surface area contributed by atoms with E-state index in [1.54, 1.807) is 19.9 Å². The van der Waals surface area contributed by atoms with E-state index in [0.717, 1.165) is 18.2 Å². The van der Waals surface area contributed by atoms with E-state index in [4.69, 9.17) is 11.5 Å². The van der Waals surface area contributed by atoms with Gasteiger partial charge in [-0.2, -0.15) is 10.2 Å². The van der Waals surface area contributed by atoms with Crippen LogP contribution >= 0.6 is 0 Å². The number of hydrogen-bond acceptors (Lipinski definition) is 8. The molecule has 13 heteroatoms. The number of anilines is 3. The van der Waals surface area contributed by atoms with Gasteiger partial charge in [0.25, 0.3) is 5.91 Å². The first kappa shape index (κ1) is 24.6. The molecule has 1 aromatic carbocycles. The highest BCUT2D eigenvalue weighted by atomic mass is 19.1. The number of rotatable bonds is 8. The molecule has 10 nitrogen and oxygen atoms in total. The van der Waals surface area contributed by atoms with Crippen molar-refractivity contribution in [1.29, 1.82) is 0 Å². The molecule has 0 aliphatic carbocycles. The molecule has 0 aliphatic rings. The molecule has 1 amide bonds. The fourth-order valence-electron chi connectivity index (χ4n) is 3.56. The quantitative estimate of drug-likeness (QED) is 0.290. The number of aromatic nitrogens is 5. The monoisotopic (exact) mass is 497 g/mol. The lowest BCUT2D eigenvalue weighted by Crippen LogP contribution is -2.31. The third-order valence-electron chi connectivity index (χ3n) is 5.26. The highest BCUT2D eigenvalue weighted by molar-refractivity contribution is 5.98. The highest BCUT2D eigenvalue weighted by Gasteiger charge is 2.23. The van der Waals surface area contributed by atoms with Crippen LogP contribution in [0.25, 0.3) is 5.69 Å². The zero-order valence-corrected chi connectivity index (χ0v) is 19.2. The third-order valence-corrected chi connectivity index (χ3v) is 5.26. The third kappa shape index (κ3) is 5.25. The topological polar surface area (TPSA) is 150 Å². The van der Waals surface area contributed by atoms with Gasteiger partial charge in [0.15, 0.2) is 11.6 Å². The molecular formula is C23H22F3N9O. The Balaban J connectivity index is 1.72. The molecule has 0 fully saturated rings. The Bertz CT molecular complexity index is 1390. The van der Waals surface area contributed by atoms with Gasteiger partial charge in [0.05, 0.1) is 41.6 Å². The van der Waals surface area contributed by atoms with Crippen LogP contribution in [0, 0.1) is 24.4 Å². The Morgan fingerprint density at radius 3 is 2.31 bits per heavy atom. The van der Waals surface area contributed by atoms with Crippen LogP contribution in [0.15, 0.2) is 48.9 Å². The molecule has 36 heavy (non-hydrogen) atoms. The van der Waals surface area contributed by atoms with Gasteiger partial charge in [-0.3, -0.25) is 9.78 Å². The van der Waals surface area contributed by atoms with Crippen molar-refractivity contribution in [3.8, 4) is 5.69 Å². The van der Waals surface area contributed by atoms with Crippen molar-refractivity contribution in [2.45, 2.75) is 25.9 Å². The summed E-state index contributed by atoms with van der Waals surface area (Å²) in [6.07, 6.45) is 4.48. The number of aryl methyl sites for hydroxylation is 1. The number of benzene rings is 1. The van der Waals surface area contributed by atoms with Gasteiger partial charge < -0.3 is 22.1 Å². The summed E-state index contributed by atoms with van der Waals surface area (Å²) in [5.74, 6) is -3.87. The summed E-state index contributed by atoms with van der Waals surface area (Å²) >= 11 is 0. The maximum absolute atomic E-state index is 14.9. The number of halogens is 3. The van der Waals surface area contributed by atoms with E-state index in [1.165, 1.54) is 23.4 Å². The van der Waals surface area contributed by atoms with Gasteiger partial charge in [-0.15, -0.1) is 4.80 Å². The summed E-state index contributed by atoms with van der Waals surface area (Å²) in [5, 5.41) is 13.8. The summed E-state index contributed by atoms with van der Waals surface area (Å²) in [6, 6.07) is 3.83. The molecule has 0 aliphatic heterocycles. The summed E-state index contributed by atoms with van der Waals surface area (Å²) < 4.78 is 42.6. The number of carbonyl (C=O) groups excluding carboxylic acids is 1. The molecule has 4 rings (SSSR count). The van der Waals surface area contributed by atoms with Crippen LogP contribution in [0.1, 0.15) is 34.6 Å². The lowest BCUT2D eigenvalue weighted by Gasteiger charge is -2.24. The van der Waals surface area contributed by atoms with E-state index in [1.807, 2.05) is 0 Å². The van der Waals surface area contributed by atoms with Gasteiger partial charge in [-0.1, -0.05) is 0 Å². The lowest BCUT2D eigenvalue weighted by atomic mass is 10.0. The minimum absolute atomic E-state index is 0.0784. The SMILES string of the molecule is Cc1ncc(Nc2nc(N[C@H](c3cc(F)cc(F)c3)[C@H](C)N)c(F)cc2C(N)=O)cc1-n1nccn1. The summed E-state index contributed by atoms with van der Waals surface area (Å²) in [5.41, 5.74) is 12.9. The normalized spacial score (nSPS) is 12.7. The van der Waals surface area contributed by atoms with Crippen LogP contribution in [0.2, 0.25) is 0 Å². The van der Waals surface area contributed by atoms with Crippen LogP contribution in [0.4, 0.5) is 30.5 Å². The van der Waals surface area contributed by atoms with Crippen molar-refractivity contribution >= 4 is 23.2 Å². The molecule has 0 bridgehead atoms. The first-order valence-corrected chi connectivity index (χ1v) is 10.7. The largest absolute Gasteiger partial charge is 0.365 e. The lowest BCUT2D eigenvalue weighted by molar-refractivity contribution is 0.100. The van der Waals surface area contributed by atoms with E-state index in [0.29, 0.717) is 23.1 Å². The fourth-order valence-corrected chi connectivity index (χ4v) is 3.56. The Morgan fingerprint density at radius 2 is 1.69 bits per heavy atom. The van der Waals surface area contributed by atoms with Crippen LogP contribution < -0.4 is 22.1 Å². The predicted molar refractivity (Wildman–Crippen MR) is 126 cm³/mol. The number of nitrogens with zero attached hydrogens (tertiary/aromatic N) is 5. The molecular weight excluding hydrogens is 475 g/mol. The van der Waals surface area contributed by atoms with Crippen molar-refractivity contribution in [2.75, 3.05) is 10.6 Å². The van der Waals surface area contributed by atoms with E-state index in [-0.39, 0.29) is 22.8 Å². The first-order valence-electron chi connectivity index (χ1n) is 10.7. The smallest absolute Gasteiger partial charge is 0.252 e. The average molecular weight is 497 g/mol. The second-order valence-electron chi connectivity index (χ2n) is 8.04. The number of primary amides is 1. The number of carbonyl (C=O) groups is 1. The van der Waals surface area contributed by atoms with Crippen LogP contribution in [0.3, 0.4) is 0 Å². The van der Waals surface area contributed by atoms with Crippen LogP contribution in [-0.4, -0.2) is 36.9 Å². The maximum Gasteiger partial charge on any atom is 0.252 e. The van der Waals surface area contributed by atoms with Gasteiger partial charge in [0.1, 0.15) is 23.1 Å². The maximum atomic E-state index is 14.9. The van der Waals surface area contributed by atoms with Crippen molar-refractivity contribution in [2.24, 2.45) is 11.5 Å². The minimum atomic E-state index is -0.930. The molecule has 3 heterocycles. The number of pyridine rings is 2. The zero-order valence-electron chi connectivity index (χ0n) is 19.2. The summed E-state index contributed by atoms with van der Waals surface area (Å²) in [4.78, 5) is 21.9. The molecule has 4 aromatic rings. The molecule has 0 radical (unpaired) electrons. The van der Waals surface area contributed by atoms with E-state index >= 15 is 0 Å². The van der Waals surface area contributed by atoms with Crippen molar-refractivity contribution < 1.29 is 18.0 Å². The molecule has 186 valence electrons. The van der Waals surface area contributed by atoms with Gasteiger partial charge in [-0.05, 0) is 43.7 Å². The molecule has 0 spiro atoms. The van der Waals surface area contributed by atoms with Crippen LogP contribution in [-0.2, 0) is 0 Å². The number of hydrogen-bond donors (Lipinski definition) is 4. The van der Waals surface area contributed by atoms with Gasteiger partial charge in [-0.25, -0.2) is 18.2 Å². The first-order chi connectivity index (χ1) is 17.1. The summed E-state index contributed by atoms with van der Waals surface area (Å²) in [6.45, 7) is 3.34. The standard InChI is InChI=1S/C23H22F3N9O/c1-11(27)20(13-5-14(24)7-15(25)6-13)33-23-18(26)9-17(21(28)36)22(34-23)32-16-8-19(12(2)29-10-16)35-30-3-4-31-35/h3-11,20H,27H2,1-2H3,(H2,28,36)(H2,32,33,34)/t11-,20-/m0/s1. The van der Waals surface area contributed by atoms with Gasteiger partial charge >= 0.3 is 0 Å². The second-order valence-corrected chi connectivity index (χ2v) is 8.04. The van der Waals surface area contributed by atoms with Crippen molar-refractivity contribution in [1.82, 2.24) is 25.0 Å². The molecule has 2 atom stereocenters. The number of nitrogens with one attached hydrogen (secondary N) is 2. The summed E-state index contributed by atoms with van der Waals surface area (Å²) in [7, 11) is 0. The molecule has 0 unspecified atom stereocenters. The molecule has 0 saturated heterocycles. The molecule has 6 N–H and O–H groups in total. The minimum Gasteiger partial charge on any atom is -0.365 e.